The topological polar surface area (TPSA) is 40.9 Å². The first kappa shape index (κ1) is 11.7. The summed E-state index contributed by atoms with van der Waals surface area (Å²) in [6.07, 6.45) is 0.513. The second-order valence-corrected chi connectivity index (χ2v) is 3.84. The van der Waals surface area contributed by atoms with E-state index >= 15 is 0 Å². The van der Waals surface area contributed by atoms with Crippen molar-refractivity contribution in [3.8, 4) is 6.07 Å². The molecule has 1 atom stereocenters. The summed E-state index contributed by atoms with van der Waals surface area (Å²) in [5.74, 6) is -0.782. The highest BCUT2D eigenvalue weighted by Crippen LogP contribution is 2.21. The monoisotopic (exact) mass is 221 g/mol. The lowest BCUT2D eigenvalue weighted by Crippen LogP contribution is -2.12. The molecule has 1 unspecified atom stereocenters. The summed E-state index contributed by atoms with van der Waals surface area (Å²) in [5.41, 5.74) is 1.44. The number of halogens is 1. The van der Waals surface area contributed by atoms with E-state index in [1.165, 1.54) is 0 Å². The molecule has 0 radical (unpaired) electrons. The number of nitrogens with zero attached hydrogens (tertiary/aromatic N) is 1. The smallest absolute Gasteiger partial charge is 0.181 e. The minimum absolute atomic E-state index is 0.190. The van der Waals surface area contributed by atoms with Crippen molar-refractivity contribution in [1.82, 2.24) is 0 Å². The van der Waals surface area contributed by atoms with E-state index in [2.05, 4.69) is 0 Å². The zero-order valence-electron chi connectivity index (χ0n) is 8.75. The average Bonchev–Trinajstić information content (AvgIpc) is 2.19. The Labute approximate surface area is 94.5 Å². The second kappa shape index (κ2) is 4.95. The summed E-state index contributed by atoms with van der Waals surface area (Å²) < 4.78 is 0. The molecule has 0 fully saturated rings. The van der Waals surface area contributed by atoms with Crippen LogP contribution in [0.3, 0.4) is 0 Å². The summed E-state index contributed by atoms with van der Waals surface area (Å²) in [5, 5.41) is 9.21. The standard InChI is InChI=1S/C12H12ClNO/c1-3-9(7-14)12(15)10-5-4-8(2)6-11(10)13/h4-6,9H,3H2,1-2H3. The zero-order valence-corrected chi connectivity index (χ0v) is 9.51. The van der Waals surface area contributed by atoms with Crippen LogP contribution in [0, 0.1) is 24.2 Å². The van der Waals surface area contributed by atoms with Crippen molar-refractivity contribution in [1.29, 1.82) is 5.26 Å². The second-order valence-electron chi connectivity index (χ2n) is 3.44. The van der Waals surface area contributed by atoms with Crippen LogP contribution in [-0.2, 0) is 0 Å². The summed E-state index contributed by atoms with van der Waals surface area (Å²) in [7, 11) is 0. The lowest BCUT2D eigenvalue weighted by Gasteiger charge is -2.07. The van der Waals surface area contributed by atoms with Gasteiger partial charge >= 0.3 is 0 Å². The molecule has 15 heavy (non-hydrogen) atoms. The van der Waals surface area contributed by atoms with Crippen LogP contribution in [0.1, 0.15) is 29.3 Å². The number of carbonyl (C=O) groups excluding carboxylic acids is 1. The van der Waals surface area contributed by atoms with Gasteiger partial charge in [-0.15, -0.1) is 0 Å². The Hall–Kier alpha value is -1.33. The molecule has 0 aliphatic rings. The molecule has 2 nitrogen and oxygen atoms in total. The molecule has 1 rings (SSSR count). The number of nitriles is 1. The van der Waals surface area contributed by atoms with E-state index < -0.39 is 5.92 Å². The third-order valence-corrected chi connectivity index (χ3v) is 2.58. The van der Waals surface area contributed by atoms with Gasteiger partial charge in [0.05, 0.1) is 11.1 Å². The fourth-order valence-corrected chi connectivity index (χ4v) is 1.67. The van der Waals surface area contributed by atoms with Crippen LogP contribution >= 0.6 is 11.6 Å². The van der Waals surface area contributed by atoms with Gasteiger partial charge in [0.25, 0.3) is 0 Å². The maximum Gasteiger partial charge on any atom is 0.181 e. The fraction of sp³-hybridized carbons (Fsp3) is 0.333. The van der Waals surface area contributed by atoms with Crippen LogP contribution in [0.5, 0.6) is 0 Å². The molecule has 78 valence electrons. The molecule has 0 aliphatic carbocycles. The van der Waals surface area contributed by atoms with Gasteiger partial charge in [-0.05, 0) is 31.0 Å². The predicted octanol–water partition coefficient (Wildman–Crippen LogP) is 3.38. The number of ketones is 1. The van der Waals surface area contributed by atoms with Gasteiger partial charge in [0.2, 0.25) is 0 Å². The third kappa shape index (κ3) is 2.57. The van der Waals surface area contributed by atoms with Gasteiger partial charge in [0.1, 0.15) is 5.92 Å². The van der Waals surface area contributed by atoms with Gasteiger partial charge in [-0.25, -0.2) is 0 Å². The van der Waals surface area contributed by atoms with Gasteiger partial charge in [-0.1, -0.05) is 24.6 Å². The van der Waals surface area contributed by atoms with Gasteiger partial charge in [0.15, 0.2) is 5.78 Å². The van der Waals surface area contributed by atoms with Gasteiger partial charge < -0.3 is 0 Å². The molecule has 0 spiro atoms. The normalized spacial score (nSPS) is 11.9. The summed E-state index contributed by atoms with van der Waals surface area (Å²) in [6, 6.07) is 7.22. The number of benzene rings is 1. The lowest BCUT2D eigenvalue weighted by atomic mass is 9.96. The third-order valence-electron chi connectivity index (χ3n) is 2.27. The number of aryl methyl sites for hydroxylation is 1. The molecule has 0 amide bonds. The lowest BCUT2D eigenvalue weighted by molar-refractivity contribution is 0.0947. The minimum Gasteiger partial charge on any atom is -0.293 e. The van der Waals surface area contributed by atoms with E-state index in [-0.39, 0.29) is 5.78 Å². The number of Topliss-reactive ketones (excluding diaryl/α,β-unsaturated/α-hetero) is 1. The molecular weight excluding hydrogens is 210 g/mol. The number of hydrogen-bond acceptors (Lipinski definition) is 2. The number of rotatable bonds is 3. The van der Waals surface area contributed by atoms with Crippen LogP contribution < -0.4 is 0 Å². The summed E-state index contributed by atoms with van der Waals surface area (Å²) >= 11 is 5.95. The summed E-state index contributed by atoms with van der Waals surface area (Å²) in [4.78, 5) is 11.8. The van der Waals surface area contributed by atoms with Crippen molar-refractivity contribution < 1.29 is 4.79 Å². The number of hydrogen-bond donors (Lipinski definition) is 0. The molecule has 0 aromatic heterocycles. The van der Waals surface area contributed by atoms with E-state index in [1.54, 1.807) is 12.1 Å². The largest absolute Gasteiger partial charge is 0.293 e. The summed E-state index contributed by atoms with van der Waals surface area (Å²) in [6.45, 7) is 3.72. The maximum absolute atomic E-state index is 11.8. The Balaban J connectivity index is 3.07. The first-order valence-electron chi connectivity index (χ1n) is 4.80. The van der Waals surface area contributed by atoms with Crippen molar-refractivity contribution in [3.63, 3.8) is 0 Å². The first-order valence-corrected chi connectivity index (χ1v) is 5.18. The van der Waals surface area contributed by atoms with E-state index in [4.69, 9.17) is 16.9 Å². The average molecular weight is 222 g/mol. The first-order chi connectivity index (χ1) is 7.10. The molecule has 3 heteroatoms. The Bertz CT molecular complexity index is 420. The maximum atomic E-state index is 11.8. The van der Waals surface area contributed by atoms with Crippen molar-refractivity contribution in [2.75, 3.05) is 0 Å². The highest BCUT2D eigenvalue weighted by atomic mass is 35.5. The molecule has 1 aromatic rings. The molecule has 0 saturated carbocycles. The Kier molecular flexibility index (Phi) is 3.88. The molecule has 0 bridgehead atoms. The highest BCUT2D eigenvalue weighted by molar-refractivity contribution is 6.34. The molecule has 0 N–H and O–H groups in total. The van der Waals surface area contributed by atoms with E-state index in [1.807, 2.05) is 26.0 Å². The Morgan fingerprint density at radius 1 is 1.60 bits per heavy atom. The minimum atomic E-state index is -0.592. The number of carbonyl (C=O) groups is 1. The Morgan fingerprint density at radius 3 is 2.73 bits per heavy atom. The quantitative estimate of drug-likeness (QED) is 0.735. The fourth-order valence-electron chi connectivity index (χ4n) is 1.34. The van der Waals surface area contributed by atoms with Crippen LogP contribution in [0.4, 0.5) is 0 Å². The molecular formula is C12H12ClNO. The molecule has 0 saturated heterocycles. The van der Waals surface area contributed by atoms with E-state index in [0.29, 0.717) is 17.0 Å². The Morgan fingerprint density at radius 2 is 2.27 bits per heavy atom. The van der Waals surface area contributed by atoms with Crippen LogP contribution in [0.25, 0.3) is 0 Å². The van der Waals surface area contributed by atoms with Gasteiger partial charge in [0, 0.05) is 5.56 Å². The molecule has 0 heterocycles. The van der Waals surface area contributed by atoms with Crippen molar-refractivity contribution in [3.05, 3.63) is 34.3 Å². The van der Waals surface area contributed by atoms with Crippen LogP contribution in [0.15, 0.2) is 18.2 Å². The highest BCUT2D eigenvalue weighted by Gasteiger charge is 2.19. The van der Waals surface area contributed by atoms with Crippen LogP contribution in [0.2, 0.25) is 5.02 Å². The zero-order chi connectivity index (χ0) is 11.4. The van der Waals surface area contributed by atoms with E-state index in [9.17, 15) is 4.79 Å². The van der Waals surface area contributed by atoms with Crippen molar-refractivity contribution in [2.24, 2.45) is 5.92 Å². The van der Waals surface area contributed by atoms with Crippen molar-refractivity contribution in [2.45, 2.75) is 20.3 Å². The van der Waals surface area contributed by atoms with Gasteiger partial charge in [-0.2, -0.15) is 5.26 Å². The molecule has 1 aromatic carbocycles. The van der Waals surface area contributed by atoms with Crippen LogP contribution in [-0.4, -0.2) is 5.78 Å². The predicted molar refractivity (Wildman–Crippen MR) is 59.9 cm³/mol. The van der Waals surface area contributed by atoms with Crippen molar-refractivity contribution >= 4 is 17.4 Å². The van der Waals surface area contributed by atoms with Gasteiger partial charge in [-0.3, -0.25) is 4.79 Å². The SMILES string of the molecule is CCC(C#N)C(=O)c1ccc(C)cc1Cl. The van der Waals surface area contributed by atoms with E-state index in [0.717, 1.165) is 5.56 Å². The molecule has 0 aliphatic heterocycles.